The van der Waals surface area contributed by atoms with E-state index in [4.69, 9.17) is 14.2 Å². The van der Waals surface area contributed by atoms with Crippen molar-refractivity contribution in [1.29, 1.82) is 0 Å². The van der Waals surface area contributed by atoms with Gasteiger partial charge in [-0.05, 0) is 42.3 Å². The molecule has 0 bridgehead atoms. The number of hydrogen-bond donors (Lipinski definition) is 1. The minimum atomic E-state index is -0.343. The fourth-order valence-electron chi connectivity index (χ4n) is 2.91. The quantitative estimate of drug-likeness (QED) is 0.587. The molecule has 0 aliphatic carbocycles. The van der Waals surface area contributed by atoms with Crippen LogP contribution in [-0.4, -0.2) is 52.1 Å². The minimum absolute atomic E-state index is 0.146. The largest absolute Gasteiger partial charge is 0.493 e. The van der Waals surface area contributed by atoms with Crippen LogP contribution in [0.3, 0.4) is 0 Å². The number of nitrogens with one attached hydrogen (secondary N) is 1. The summed E-state index contributed by atoms with van der Waals surface area (Å²) in [5.74, 6) is 0.748. The number of ether oxygens (including phenoxy) is 3. The van der Waals surface area contributed by atoms with Crippen LogP contribution < -0.4 is 19.8 Å². The normalized spacial score (nSPS) is 14.1. The average molecular weight is 383 g/mol. The molecule has 28 heavy (non-hydrogen) atoms. The topological polar surface area (TPSA) is 72.4 Å². The van der Waals surface area contributed by atoms with Crippen LogP contribution >= 0.6 is 0 Å². The number of hydrazone groups is 1. The highest BCUT2D eigenvalue weighted by Crippen LogP contribution is 2.25. The van der Waals surface area contributed by atoms with Crippen LogP contribution in [0.4, 0.5) is 5.69 Å². The lowest BCUT2D eigenvalue weighted by Gasteiger charge is -2.29. The molecule has 0 unspecified atom stereocenters. The van der Waals surface area contributed by atoms with E-state index in [9.17, 15) is 4.79 Å². The first kappa shape index (κ1) is 19.7. The predicted octanol–water partition coefficient (Wildman–Crippen LogP) is 2.37. The van der Waals surface area contributed by atoms with Crippen LogP contribution in [0.5, 0.6) is 11.5 Å². The molecule has 0 spiro atoms. The van der Waals surface area contributed by atoms with E-state index in [2.05, 4.69) is 27.6 Å². The summed E-state index contributed by atoms with van der Waals surface area (Å²) < 4.78 is 16.1. The number of para-hydroxylation sites is 2. The number of aryl methyl sites for hydroxylation is 1. The van der Waals surface area contributed by atoms with E-state index in [1.165, 1.54) is 5.69 Å². The second-order valence-electron chi connectivity index (χ2n) is 6.37. The summed E-state index contributed by atoms with van der Waals surface area (Å²) in [7, 11) is 1.55. The Morgan fingerprint density at radius 3 is 2.68 bits per heavy atom. The molecule has 0 radical (unpaired) electrons. The molecule has 0 aromatic heterocycles. The van der Waals surface area contributed by atoms with Crippen LogP contribution in [0.2, 0.25) is 0 Å². The number of hydrogen-bond acceptors (Lipinski definition) is 6. The summed E-state index contributed by atoms with van der Waals surface area (Å²) in [5.41, 5.74) is 5.69. The first-order valence-corrected chi connectivity index (χ1v) is 9.18. The van der Waals surface area contributed by atoms with Gasteiger partial charge in [0, 0.05) is 18.8 Å². The molecule has 1 saturated heterocycles. The molecule has 2 aromatic carbocycles. The summed E-state index contributed by atoms with van der Waals surface area (Å²) in [6, 6.07) is 13.4. The third-order valence-electron chi connectivity index (χ3n) is 4.45. The minimum Gasteiger partial charge on any atom is -0.493 e. The molecule has 7 heteroatoms. The first-order valence-electron chi connectivity index (χ1n) is 9.18. The molecular formula is C21H25N3O4. The van der Waals surface area contributed by atoms with E-state index in [1.807, 2.05) is 25.1 Å². The standard InChI is InChI=1S/C21H25N3O4/c1-16-13-18(24-9-11-27-12-10-24)8-7-17(16)14-22-23-21(25)15-28-20-6-4-3-5-19(20)26-2/h3-8,13-14H,9-12,15H2,1-2H3,(H,23,25)/b22-14+. The molecule has 1 amide bonds. The van der Waals surface area contributed by atoms with Gasteiger partial charge in [0.1, 0.15) is 0 Å². The van der Waals surface area contributed by atoms with Gasteiger partial charge in [0.05, 0.1) is 26.5 Å². The highest BCUT2D eigenvalue weighted by molar-refractivity contribution is 5.85. The predicted molar refractivity (Wildman–Crippen MR) is 108 cm³/mol. The van der Waals surface area contributed by atoms with Gasteiger partial charge in [-0.3, -0.25) is 4.79 Å². The maximum atomic E-state index is 11.9. The lowest BCUT2D eigenvalue weighted by Crippen LogP contribution is -2.36. The van der Waals surface area contributed by atoms with Crippen molar-refractivity contribution in [2.24, 2.45) is 5.10 Å². The van der Waals surface area contributed by atoms with Crippen LogP contribution in [-0.2, 0) is 9.53 Å². The molecule has 2 aromatic rings. The van der Waals surface area contributed by atoms with Crippen molar-refractivity contribution in [2.45, 2.75) is 6.92 Å². The molecule has 1 heterocycles. The summed E-state index contributed by atoms with van der Waals surface area (Å²) in [6.45, 7) is 5.19. The number of nitrogens with zero attached hydrogens (tertiary/aromatic N) is 2. The van der Waals surface area contributed by atoms with E-state index in [-0.39, 0.29) is 12.5 Å². The van der Waals surface area contributed by atoms with Crippen LogP contribution in [0.1, 0.15) is 11.1 Å². The monoisotopic (exact) mass is 383 g/mol. The second kappa shape index (κ2) is 9.75. The maximum absolute atomic E-state index is 11.9. The Kier molecular flexibility index (Phi) is 6.86. The van der Waals surface area contributed by atoms with Crippen LogP contribution in [0, 0.1) is 6.92 Å². The fourth-order valence-corrected chi connectivity index (χ4v) is 2.91. The van der Waals surface area contributed by atoms with Gasteiger partial charge in [-0.1, -0.05) is 18.2 Å². The van der Waals surface area contributed by atoms with Gasteiger partial charge in [-0.25, -0.2) is 5.43 Å². The Morgan fingerprint density at radius 1 is 1.21 bits per heavy atom. The van der Waals surface area contributed by atoms with Crippen molar-refractivity contribution < 1.29 is 19.0 Å². The number of amides is 1. The Hall–Kier alpha value is -3.06. The Bertz CT molecular complexity index is 832. The Morgan fingerprint density at radius 2 is 1.96 bits per heavy atom. The first-order chi connectivity index (χ1) is 13.7. The van der Waals surface area contributed by atoms with Gasteiger partial charge < -0.3 is 19.1 Å². The number of carbonyl (C=O) groups excluding carboxylic acids is 1. The van der Waals surface area contributed by atoms with Crippen molar-refractivity contribution in [2.75, 3.05) is 44.9 Å². The van der Waals surface area contributed by atoms with E-state index >= 15 is 0 Å². The van der Waals surface area contributed by atoms with E-state index < -0.39 is 0 Å². The summed E-state index contributed by atoms with van der Waals surface area (Å²) >= 11 is 0. The third-order valence-corrected chi connectivity index (χ3v) is 4.45. The molecule has 1 aliphatic rings. The molecule has 1 aliphatic heterocycles. The van der Waals surface area contributed by atoms with Crippen molar-refractivity contribution in [1.82, 2.24) is 5.43 Å². The number of rotatable bonds is 7. The molecule has 0 saturated carbocycles. The average Bonchev–Trinajstić information content (AvgIpc) is 2.74. The van der Waals surface area contributed by atoms with Crippen molar-refractivity contribution >= 4 is 17.8 Å². The number of benzene rings is 2. The molecule has 0 atom stereocenters. The molecular weight excluding hydrogens is 358 g/mol. The summed E-state index contributed by atoms with van der Waals surface area (Å²) in [4.78, 5) is 14.2. The van der Waals surface area contributed by atoms with Crippen LogP contribution in [0.15, 0.2) is 47.6 Å². The Balaban J connectivity index is 1.51. The van der Waals surface area contributed by atoms with Gasteiger partial charge in [-0.15, -0.1) is 0 Å². The molecule has 7 nitrogen and oxygen atoms in total. The molecule has 3 rings (SSSR count). The van der Waals surface area contributed by atoms with Crippen molar-refractivity contribution in [3.8, 4) is 11.5 Å². The fraction of sp³-hybridized carbons (Fsp3) is 0.333. The van der Waals surface area contributed by atoms with Gasteiger partial charge in [0.15, 0.2) is 18.1 Å². The lowest BCUT2D eigenvalue weighted by atomic mass is 10.1. The smallest absolute Gasteiger partial charge is 0.277 e. The Labute approximate surface area is 164 Å². The lowest BCUT2D eigenvalue weighted by molar-refractivity contribution is -0.123. The van der Waals surface area contributed by atoms with Crippen LogP contribution in [0.25, 0.3) is 0 Å². The SMILES string of the molecule is COc1ccccc1OCC(=O)N/N=C/c1ccc(N2CCOCC2)cc1C. The van der Waals surface area contributed by atoms with Gasteiger partial charge in [0.2, 0.25) is 0 Å². The van der Waals surface area contributed by atoms with E-state index in [0.29, 0.717) is 11.5 Å². The van der Waals surface area contributed by atoms with Gasteiger partial charge in [0.25, 0.3) is 5.91 Å². The zero-order valence-corrected chi connectivity index (χ0v) is 16.2. The van der Waals surface area contributed by atoms with E-state index in [0.717, 1.165) is 37.4 Å². The zero-order valence-electron chi connectivity index (χ0n) is 16.2. The molecule has 148 valence electrons. The summed E-state index contributed by atoms with van der Waals surface area (Å²) in [5, 5.41) is 4.03. The van der Waals surface area contributed by atoms with Gasteiger partial charge in [-0.2, -0.15) is 5.10 Å². The number of methoxy groups -OCH3 is 1. The number of anilines is 1. The highest BCUT2D eigenvalue weighted by Gasteiger charge is 2.12. The van der Waals surface area contributed by atoms with Crippen molar-refractivity contribution in [3.05, 3.63) is 53.6 Å². The highest BCUT2D eigenvalue weighted by atomic mass is 16.5. The molecule has 1 fully saturated rings. The third kappa shape index (κ3) is 5.23. The zero-order chi connectivity index (χ0) is 19.8. The second-order valence-corrected chi connectivity index (χ2v) is 6.37. The maximum Gasteiger partial charge on any atom is 0.277 e. The molecule has 1 N–H and O–H groups in total. The number of morpholine rings is 1. The van der Waals surface area contributed by atoms with Gasteiger partial charge >= 0.3 is 0 Å². The number of carbonyl (C=O) groups is 1. The van der Waals surface area contributed by atoms with Crippen molar-refractivity contribution in [3.63, 3.8) is 0 Å². The summed E-state index contributed by atoms with van der Waals surface area (Å²) in [6.07, 6.45) is 1.64. The van der Waals surface area contributed by atoms with E-state index in [1.54, 1.807) is 25.5 Å².